The number of furan rings is 1. The normalized spacial score (nSPS) is 13.3. The molecule has 9 heteroatoms. The standard InChI is InChI=1S/C18H19N3O6/c1-10-14(18(23)24)8-13(27-10)9-20(2)17(22)11-3-6-15(19-12-4-5-12)16(7-11)21(25)26/h3,6-8,12,19H,4-5,9H2,1-2H3,(H,23,24). The molecule has 0 unspecified atom stereocenters. The SMILES string of the molecule is Cc1oc(CN(C)C(=O)c2ccc(NC3CC3)c([N+](=O)[O-])c2)cc1C(=O)O. The Hall–Kier alpha value is -3.36. The zero-order valence-corrected chi connectivity index (χ0v) is 14.9. The zero-order chi connectivity index (χ0) is 19.7. The Balaban J connectivity index is 1.77. The van der Waals surface area contributed by atoms with E-state index >= 15 is 0 Å². The third-order valence-corrected chi connectivity index (χ3v) is 4.32. The highest BCUT2D eigenvalue weighted by Gasteiger charge is 2.26. The van der Waals surface area contributed by atoms with E-state index < -0.39 is 16.8 Å². The van der Waals surface area contributed by atoms with Crippen molar-refractivity contribution in [1.82, 2.24) is 4.90 Å². The highest BCUT2D eigenvalue weighted by atomic mass is 16.6. The molecule has 2 aromatic rings. The second-order valence-electron chi connectivity index (χ2n) is 6.56. The number of carbonyl (C=O) groups excluding carboxylic acids is 1. The summed E-state index contributed by atoms with van der Waals surface area (Å²) in [6.45, 7) is 1.58. The quantitative estimate of drug-likeness (QED) is 0.564. The molecule has 0 atom stereocenters. The smallest absolute Gasteiger partial charge is 0.339 e. The Morgan fingerprint density at radius 2 is 2.07 bits per heavy atom. The van der Waals surface area contributed by atoms with Crippen LogP contribution in [-0.4, -0.2) is 39.9 Å². The summed E-state index contributed by atoms with van der Waals surface area (Å²) in [4.78, 5) is 35.8. The van der Waals surface area contributed by atoms with E-state index in [0.29, 0.717) is 11.4 Å². The van der Waals surface area contributed by atoms with Crippen molar-refractivity contribution in [3.63, 3.8) is 0 Å². The van der Waals surface area contributed by atoms with Gasteiger partial charge in [0.05, 0.1) is 11.5 Å². The van der Waals surface area contributed by atoms with Gasteiger partial charge in [0, 0.05) is 24.7 Å². The zero-order valence-electron chi connectivity index (χ0n) is 14.9. The number of rotatable bonds is 7. The number of amides is 1. The summed E-state index contributed by atoms with van der Waals surface area (Å²) in [5, 5.41) is 23.5. The molecule has 1 aliphatic carbocycles. The number of nitro groups is 1. The average Bonchev–Trinajstić information content (AvgIpc) is 3.35. The minimum atomic E-state index is -1.11. The van der Waals surface area contributed by atoms with Crippen LogP contribution in [0.25, 0.3) is 0 Å². The molecular weight excluding hydrogens is 354 g/mol. The first kappa shape index (κ1) is 18.4. The Labute approximate surface area is 154 Å². The molecule has 0 saturated heterocycles. The summed E-state index contributed by atoms with van der Waals surface area (Å²) in [6, 6.07) is 5.94. The van der Waals surface area contributed by atoms with Gasteiger partial charge >= 0.3 is 5.97 Å². The molecule has 1 aromatic carbocycles. The number of aryl methyl sites for hydroxylation is 1. The molecular formula is C18H19N3O6. The second kappa shape index (κ2) is 7.10. The van der Waals surface area contributed by atoms with Crippen LogP contribution in [0.3, 0.4) is 0 Å². The summed E-state index contributed by atoms with van der Waals surface area (Å²) in [5.41, 5.74) is 0.460. The summed E-state index contributed by atoms with van der Waals surface area (Å²) in [5.74, 6) is -0.959. The molecule has 1 heterocycles. The number of hydrogen-bond acceptors (Lipinski definition) is 6. The van der Waals surface area contributed by atoms with Crippen molar-refractivity contribution in [2.75, 3.05) is 12.4 Å². The van der Waals surface area contributed by atoms with E-state index in [1.54, 1.807) is 0 Å². The fourth-order valence-electron chi connectivity index (χ4n) is 2.75. The van der Waals surface area contributed by atoms with Crippen molar-refractivity contribution in [1.29, 1.82) is 0 Å². The number of anilines is 1. The van der Waals surface area contributed by atoms with Gasteiger partial charge in [-0.15, -0.1) is 0 Å². The molecule has 142 valence electrons. The van der Waals surface area contributed by atoms with Crippen LogP contribution in [0.4, 0.5) is 11.4 Å². The van der Waals surface area contributed by atoms with Crippen molar-refractivity contribution in [3.8, 4) is 0 Å². The van der Waals surface area contributed by atoms with Crippen molar-refractivity contribution in [2.24, 2.45) is 0 Å². The van der Waals surface area contributed by atoms with E-state index in [-0.39, 0.29) is 35.2 Å². The van der Waals surface area contributed by atoms with Gasteiger partial charge in [0.1, 0.15) is 22.8 Å². The minimum Gasteiger partial charge on any atom is -0.478 e. The van der Waals surface area contributed by atoms with Gasteiger partial charge in [0.25, 0.3) is 11.6 Å². The Morgan fingerprint density at radius 1 is 1.37 bits per heavy atom. The molecule has 0 bridgehead atoms. The van der Waals surface area contributed by atoms with E-state index in [1.807, 2.05) is 0 Å². The van der Waals surface area contributed by atoms with Crippen LogP contribution in [-0.2, 0) is 6.54 Å². The van der Waals surface area contributed by atoms with E-state index in [4.69, 9.17) is 9.52 Å². The number of nitrogens with one attached hydrogen (secondary N) is 1. The maximum Gasteiger partial charge on any atom is 0.339 e. The lowest BCUT2D eigenvalue weighted by molar-refractivity contribution is -0.384. The van der Waals surface area contributed by atoms with Crippen LogP contribution in [0.2, 0.25) is 0 Å². The Kier molecular flexibility index (Phi) is 4.85. The molecule has 1 saturated carbocycles. The second-order valence-corrected chi connectivity index (χ2v) is 6.56. The maximum atomic E-state index is 12.6. The molecule has 1 amide bonds. The number of carboxylic acid groups (broad SMARTS) is 1. The van der Waals surface area contributed by atoms with E-state index in [1.165, 1.54) is 43.1 Å². The van der Waals surface area contributed by atoms with E-state index in [0.717, 1.165) is 12.8 Å². The number of carboxylic acids is 1. The molecule has 27 heavy (non-hydrogen) atoms. The molecule has 1 fully saturated rings. The first-order valence-electron chi connectivity index (χ1n) is 8.39. The summed E-state index contributed by atoms with van der Waals surface area (Å²) >= 11 is 0. The maximum absolute atomic E-state index is 12.6. The van der Waals surface area contributed by atoms with Crippen molar-refractivity contribution >= 4 is 23.3 Å². The predicted octanol–water partition coefficient (Wildman–Crippen LogP) is 3.04. The van der Waals surface area contributed by atoms with Crippen LogP contribution in [0.1, 0.15) is 45.1 Å². The number of nitro benzene ring substituents is 1. The van der Waals surface area contributed by atoms with Gasteiger partial charge in [-0.2, -0.15) is 0 Å². The van der Waals surface area contributed by atoms with Gasteiger partial charge in [0.15, 0.2) is 0 Å². The fourth-order valence-corrected chi connectivity index (χ4v) is 2.75. The summed E-state index contributed by atoms with van der Waals surface area (Å²) < 4.78 is 5.37. The number of carbonyl (C=O) groups is 2. The molecule has 3 rings (SSSR count). The van der Waals surface area contributed by atoms with Gasteiger partial charge < -0.3 is 19.7 Å². The van der Waals surface area contributed by atoms with E-state index in [2.05, 4.69) is 5.32 Å². The topological polar surface area (TPSA) is 126 Å². The minimum absolute atomic E-state index is 0.0389. The first-order chi connectivity index (χ1) is 12.8. The van der Waals surface area contributed by atoms with Crippen LogP contribution >= 0.6 is 0 Å². The third-order valence-electron chi connectivity index (χ3n) is 4.32. The van der Waals surface area contributed by atoms with Gasteiger partial charge in [-0.1, -0.05) is 0 Å². The summed E-state index contributed by atoms with van der Waals surface area (Å²) in [7, 11) is 1.52. The van der Waals surface area contributed by atoms with Crippen LogP contribution in [0, 0.1) is 17.0 Å². The molecule has 1 aromatic heterocycles. The molecule has 2 N–H and O–H groups in total. The van der Waals surface area contributed by atoms with Crippen LogP contribution in [0.5, 0.6) is 0 Å². The molecule has 0 radical (unpaired) electrons. The number of benzene rings is 1. The van der Waals surface area contributed by atoms with Crippen molar-refractivity contribution < 1.29 is 24.0 Å². The Bertz CT molecular complexity index is 916. The number of hydrogen-bond donors (Lipinski definition) is 2. The third kappa shape index (κ3) is 4.08. The van der Waals surface area contributed by atoms with Crippen molar-refractivity contribution in [3.05, 3.63) is 57.0 Å². The van der Waals surface area contributed by atoms with Crippen LogP contribution in [0.15, 0.2) is 28.7 Å². The molecule has 0 aliphatic heterocycles. The van der Waals surface area contributed by atoms with Crippen molar-refractivity contribution in [2.45, 2.75) is 32.4 Å². The van der Waals surface area contributed by atoms with Gasteiger partial charge in [-0.25, -0.2) is 4.79 Å². The van der Waals surface area contributed by atoms with E-state index in [9.17, 15) is 19.7 Å². The first-order valence-corrected chi connectivity index (χ1v) is 8.39. The Morgan fingerprint density at radius 3 is 2.63 bits per heavy atom. The predicted molar refractivity (Wildman–Crippen MR) is 95.9 cm³/mol. The average molecular weight is 373 g/mol. The van der Waals surface area contributed by atoms with Gasteiger partial charge in [-0.3, -0.25) is 14.9 Å². The number of aromatic carboxylic acids is 1. The largest absolute Gasteiger partial charge is 0.478 e. The molecule has 1 aliphatic rings. The summed E-state index contributed by atoms with van der Waals surface area (Å²) in [6.07, 6.45) is 1.95. The molecule has 0 spiro atoms. The fraction of sp³-hybridized carbons (Fsp3) is 0.333. The highest BCUT2D eigenvalue weighted by Crippen LogP contribution is 2.32. The lowest BCUT2D eigenvalue weighted by Gasteiger charge is -2.16. The molecule has 9 nitrogen and oxygen atoms in total. The lowest BCUT2D eigenvalue weighted by atomic mass is 10.1. The number of nitrogens with zero attached hydrogens (tertiary/aromatic N) is 2. The van der Waals surface area contributed by atoms with Gasteiger partial charge in [0.2, 0.25) is 0 Å². The highest BCUT2D eigenvalue weighted by molar-refractivity contribution is 5.95. The monoisotopic (exact) mass is 373 g/mol. The van der Waals surface area contributed by atoms with Gasteiger partial charge in [-0.05, 0) is 38.0 Å². The van der Waals surface area contributed by atoms with Crippen LogP contribution < -0.4 is 5.32 Å². The lowest BCUT2D eigenvalue weighted by Crippen LogP contribution is -2.26.